The van der Waals surface area contributed by atoms with Gasteiger partial charge >= 0.3 is 5.97 Å². The molecule has 0 saturated carbocycles. The number of aromatic nitrogens is 1. The number of hydrogen-bond donors (Lipinski definition) is 2. The van der Waals surface area contributed by atoms with Gasteiger partial charge in [-0.25, -0.2) is 4.79 Å². The molecular formula is C17H16ClN3O5. The molecule has 0 unspecified atom stereocenters. The molecule has 0 radical (unpaired) electrons. The molecule has 0 aliphatic rings. The number of benzene rings is 1. The number of carbonyl (C=O) groups is 3. The molecule has 2 amide bonds. The third-order valence-corrected chi connectivity index (χ3v) is 3.49. The van der Waals surface area contributed by atoms with Crippen LogP contribution in [0.15, 0.2) is 36.7 Å². The third-order valence-electron chi connectivity index (χ3n) is 3.16. The van der Waals surface area contributed by atoms with E-state index in [1.807, 2.05) is 0 Å². The number of rotatable bonds is 7. The van der Waals surface area contributed by atoms with Crippen molar-refractivity contribution in [2.75, 3.05) is 18.5 Å². The van der Waals surface area contributed by atoms with Gasteiger partial charge in [-0.1, -0.05) is 11.6 Å². The number of halogens is 1. The Hall–Kier alpha value is -3.13. The lowest BCUT2D eigenvalue weighted by Gasteiger charge is -2.11. The second-order valence-corrected chi connectivity index (χ2v) is 5.39. The average molecular weight is 378 g/mol. The van der Waals surface area contributed by atoms with Crippen LogP contribution >= 0.6 is 11.6 Å². The first-order chi connectivity index (χ1) is 12.4. The predicted octanol–water partition coefficient (Wildman–Crippen LogP) is 2.03. The number of primary amides is 1. The lowest BCUT2D eigenvalue weighted by Crippen LogP contribution is -2.23. The number of amides is 2. The zero-order valence-corrected chi connectivity index (χ0v) is 14.6. The van der Waals surface area contributed by atoms with Crippen molar-refractivity contribution in [2.45, 2.75) is 6.92 Å². The number of hydrogen-bond acceptors (Lipinski definition) is 6. The lowest BCUT2D eigenvalue weighted by atomic mass is 10.2. The Morgan fingerprint density at radius 1 is 1.23 bits per heavy atom. The summed E-state index contributed by atoms with van der Waals surface area (Å²) in [5.74, 6) is -1.56. The van der Waals surface area contributed by atoms with Crippen molar-refractivity contribution in [1.29, 1.82) is 0 Å². The number of pyridine rings is 1. The number of esters is 1. The Balaban J connectivity index is 2.03. The lowest BCUT2D eigenvalue weighted by molar-refractivity contribution is -0.118. The first-order valence-corrected chi connectivity index (χ1v) is 7.93. The molecule has 2 rings (SSSR count). The van der Waals surface area contributed by atoms with Crippen molar-refractivity contribution in [1.82, 2.24) is 4.98 Å². The fraction of sp³-hybridized carbons (Fsp3) is 0.176. The normalized spacial score (nSPS) is 10.1. The van der Waals surface area contributed by atoms with Gasteiger partial charge in [0.1, 0.15) is 5.75 Å². The van der Waals surface area contributed by atoms with E-state index in [4.69, 9.17) is 26.8 Å². The van der Waals surface area contributed by atoms with E-state index in [0.717, 1.165) is 0 Å². The molecule has 26 heavy (non-hydrogen) atoms. The smallest absolute Gasteiger partial charge is 0.339 e. The number of anilines is 1. The van der Waals surface area contributed by atoms with Crippen molar-refractivity contribution in [3.63, 3.8) is 0 Å². The van der Waals surface area contributed by atoms with E-state index in [1.54, 1.807) is 6.92 Å². The Labute approximate surface area is 154 Å². The van der Waals surface area contributed by atoms with Crippen LogP contribution in [0.5, 0.6) is 5.75 Å². The van der Waals surface area contributed by atoms with Gasteiger partial charge in [0.25, 0.3) is 11.8 Å². The van der Waals surface area contributed by atoms with Gasteiger partial charge in [-0.05, 0) is 31.2 Å². The van der Waals surface area contributed by atoms with Crippen LogP contribution in [-0.4, -0.2) is 36.0 Å². The minimum atomic E-state index is -0.694. The largest absolute Gasteiger partial charge is 0.484 e. The Bertz CT molecular complexity index is 841. The molecular weight excluding hydrogens is 362 g/mol. The van der Waals surface area contributed by atoms with Crippen LogP contribution in [-0.2, 0) is 9.53 Å². The molecule has 0 fully saturated rings. The van der Waals surface area contributed by atoms with Crippen LogP contribution in [0.1, 0.15) is 27.6 Å². The van der Waals surface area contributed by atoms with E-state index in [-0.39, 0.29) is 40.8 Å². The fourth-order valence-corrected chi connectivity index (χ4v) is 2.20. The molecule has 9 heteroatoms. The number of nitrogens with zero attached hydrogens (tertiary/aromatic N) is 1. The summed E-state index contributed by atoms with van der Waals surface area (Å²) in [6.45, 7) is 1.52. The van der Waals surface area contributed by atoms with Crippen LogP contribution in [0.3, 0.4) is 0 Å². The molecule has 2 aromatic rings. The first kappa shape index (κ1) is 19.2. The summed E-state index contributed by atoms with van der Waals surface area (Å²) >= 11 is 5.96. The van der Waals surface area contributed by atoms with Crippen LogP contribution in [0, 0.1) is 0 Å². The van der Waals surface area contributed by atoms with E-state index in [1.165, 1.54) is 36.7 Å². The molecule has 8 nitrogen and oxygen atoms in total. The topological polar surface area (TPSA) is 121 Å². The van der Waals surface area contributed by atoms with Gasteiger partial charge < -0.3 is 20.5 Å². The molecule has 0 saturated heterocycles. The minimum Gasteiger partial charge on any atom is -0.484 e. The average Bonchev–Trinajstić information content (AvgIpc) is 2.61. The maximum absolute atomic E-state index is 12.0. The van der Waals surface area contributed by atoms with Crippen LogP contribution in [0.4, 0.5) is 5.69 Å². The Morgan fingerprint density at radius 2 is 2.00 bits per heavy atom. The van der Waals surface area contributed by atoms with E-state index in [9.17, 15) is 14.4 Å². The van der Waals surface area contributed by atoms with Crippen LogP contribution in [0.25, 0.3) is 0 Å². The molecule has 0 aliphatic heterocycles. The first-order valence-electron chi connectivity index (χ1n) is 7.55. The molecule has 0 spiro atoms. The van der Waals surface area contributed by atoms with E-state index in [2.05, 4.69) is 10.3 Å². The molecule has 3 N–H and O–H groups in total. The summed E-state index contributed by atoms with van der Waals surface area (Å²) < 4.78 is 10.2. The highest BCUT2D eigenvalue weighted by molar-refractivity contribution is 6.33. The van der Waals surface area contributed by atoms with Crippen molar-refractivity contribution < 1.29 is 23.9 Å². The summed E-state index contributed by atoms with van der Waals surface area (Å²) in [7, 11) is 0. The summed E-state index contributed by atoms with van der Waals surface area (Å²) in [5, 5.41) is 2.70. The van der Waals surface area contributed by atoms with E-state index >= 15 is 0 Å². The van der Waals surface area contributed by atoms with Gasteiger partial charge in [0.2, 0.25) is 0 Å². The maximum Gasteiger partial charge on any atom is 0.339 e. The van der Waals surface area contributed by atoms with Gasteiger partial charge in [0, 0.05) is 6.20 Å². The number of nitrogens with two attached hydrogens (primary N) is 1. The highest BCUT2D eigenvalue weighted by atomic mass is 35.5. The summed E-state index contributed by atoms with van der Waals surface area (Å²) in [5.41, 5.74) is 5.67. The maximum atomic E-state index is 12.0. The summed E-state index contributed by atoms with van der Waals surface area (Å²) in [6.07, 6.45) is 2.69. The quantitative estimate of drug-likeness (QED) is 0.712. The zero-order valence-electron chi connectivity index (χ0n) is 13.8. The Kier molecular flexibility index (Phi) is 6.51. The molecule has 1 aromatic carbocycles. The second-order valence-electron chi connectivity index (χ2n) is 4.98. The molecule has 0 bridgehead atoms. The van der Waals surface area contributed by atoms with E-state index < -0.39 is 17.8 Å². The van der Waals surface area contributed by atoms with Gasteiger partial charge in [-0.2, -0.15) is 0 Å². The van der Waals surface area contributed by atoms with Crippen molar-refractivity contribution in [3.8, 4) is 5.75 Å². The SMILES string of the molecule is CCOC(=O)c1cc(OCC(=O)Nc2cnccc2C(N)=O)ccc1Cl. The molecule has 1 aromatic heterocycles. The minimum absolute atomic E-state index is 0.129. The van der Waals surface area contributed by atoms with Gasteiger partial charge in [0.15, 0.2) is 6.61 Å². The van der Waals surface area contributed by atoms with Crippen LogP contribution in [0.2, 0.25) is 5.02 Å². The van der Waals surface area contributed by atoms with Crippen molar-refractivity contribution in [3.05, 3.63) is 52.8 Å². The van der Waals surface area contributed by atoms with Gasteiger partial charge in [-0.15, -0.1) is 0 Å². The number of ether oxygens (including phenoxy) is 2. The molecule has 0 atom stereocenters. The molecule has 0 aliphatic carbocycles. The molecule has 1 heterocycles. The fourth-order valence-electron chi connectivity index (χ4n) is 2.00. The monoisotopic (exact) mass is 377 g/mol. The summed E-state index contributed by atoms with van der Waals surface area (Å²) in [4.78, 5) is 39.0. The second kappa shape index (κ2) is 8.82. The van der Waals surface area contributed by atoms with Gasteiger partial charge in [-0.3, -0.25) is 14.6 Å². The zero-order chi connectivity index (χ0) is 19.1. The third kappa shape index (κ3) is 4.93. The standard InChI is InChI=1S/C17H16ClN3O5/c1-2-25-17(24)12-7-10(3-4-13(12)18)26-9-15(22)21-14-8-20-6-5-11(14)16(19)23/h3-8H,2,9H2,1H3,(H2,19,23)(H,21,22). The highest BCUT2D eigenvalue weighted by Gasteiger charge is 2.14. The predicted molar refractivity (Wildman–Crippen MR) is 94.3 cm³/mol. The number of nitrogens with one attached hydrogen (secondary N) is 1. The Morgan fingerprint density at radius 3 is 2.69 bits per heavy atom. The van der Waals surface area contributed by atoms with Crippen molar-refractivity contribution >= 4 is 35.1 Å². The van der Waals surface area contributed by atoms with Crippen LogP contribution < -0.4 is 15.8 Å². The highest BCUT2D eigenvalue weighted by Crippen LogP contribution is 2.23. The molecule has 136 valence electrons. The summed E-state index contributed by atoms with van der Waals surface area (Å²) in [6, 6.07) is 5.75. The van der Waals surface area contributed by atoms with E-state index in [0.29, 0.717) is 0 Å². The number of carbonyl (C=O) groups excluding carboxylic acids is 3. The van der Waals surface area contributed by atoms with Crippen molar-refractivity contribution in [2.24, 2.45) is 5.73 Å². The van der Waals surface area contributed by atoms with Gasteiger partial charge in [0.05, 0.1) is 34.6 Å².